The summed E-state index contributed by atoms with van der Waals surface area (Å²) in [5.74, 6) is -2.54. The van der Waals surface area contributed by atoms with Gasteiger partial charge in [0.1, 0.15) is 0 Å². The quantitative estimate of drug-likeness (QED) is 0.366. The summed E-state index contributed by atoms with van der Waals surface area (Å²) in [7, 11) is 0. The monoisotopic (exact) mass is 315 g/mol. The van der Waals surface area contributed by atoms with Crippen molar-refractivity contribution in [1.29, 1.82) is 0 Å². The molecule has 2 aromatic rings. The highest BCUT2D eigenvalue weighted by molar-refractivity contribution is 6.13. The summed E-state index contributed by atoms with van der Waals surface area (Å²) in [6, 6.07) is 14.2. The molecule has 0 bridgehead atoms. The molecule has 2 rings (SSSR count). The Morgan fingerprint density at radius 2 is 1.74 bits per heavy atom. The lowest BCUT2D eigenvalue weighted by atomic mass is 9.89. The van der Waals surface area contributed by atoms with Crippen molar-refractivity contribution in [3.8, 4) is 0 Å². The normalized spacial score (nSPS) is 13.2. The molecule has 2 N–H and O–H groups in total. The van der Waals surface area contributed by atoms with Crippen LogP contribution in [0.5, 0.6) is 0 Å². The molecule has 0 aliphatic carbocycles. The topological polar surface area (TPSA) is 91.1 Å². The summed E-state index contributed by atoms with van der Waals surface area (Å²) in [6.07, 6.45) is 0. The first-order valence-electron chi connectivity index (χ1n) is 7.14. The molecule has 0 amide bonds. The summed E-state index contributed by atoms with van der Waals surface area (Å²) in [4.78, 5) is 25.0. The van der Waals surface area contributed by atoms with Gasteiger partial charge in [0, 0.05) is 17.2 Å². The van der Waals surface area contributed by atoms with Crippen molar-refractivity contribution in [2.45, 2.75) is 12.8 Å². The van der Waals surface area contributed by atoms with Crippen molar-refractivity contribution in [2.24, 2.45) is 0 Å². The largest absolute Gasteiger partial charge is 0.595 e. The number of esters is 1. The standard InChI is InChI=1S/C17H17NO5/c1-2-23-17(20)15(16(19)12-8-4-3-5-9-12)13-10-6-7-11-14(13)18(21)22/h3-11,15,18,21H,2H2,1H3/t15-/m0/s1. The maximum absolute atomic E-state index is 12.7. The number of ketones is 1. The molecule has 1 unspecified atom stereocenters. The minimum atomic E-state index is -1.30. The predicted molar refractivity (Wildman–Crippen MR) is 82.4 cm³/mol. The van der Waals surface area contributed by atoms with Gasteiger partial charge in [-0.3, -0.25) is 9.59 Å². The number of carbonyl (C=O) groups is 2. The van der Waals surface area contributed by atoms with Crippen LogP contribution in [0.1, 0.15) is 28.8 Å². The van der Waals surface area contributed by atoms with E-state index in [-0.39, 0.29) is 17.9 Å². The Kier molecular flexibility index (Phi) is 5.59. The van der Waals surface area contributed by atoms with E-state index >= 15 is 0 Å². The molecule has 0 saturated carbocycles. The van der Waals surface area contributed by atoms with Gasteiger partial charge in [-0.05, 0) is 6.92 Å². The van der Waals surface area contributed by atoms with E-state index < -0.39 is 22.9 Å². The van der Waals surface area contributed by atoms with Gasteiger partial charge >= 0.3 is 5.97 Å². The number of nitrogens with one attached hydrogen (secondary N) is 1. The number of ether oxygens (including phenoxy) is 1. The molecule has 0 heterocycles. The molecule has 0 spiro atoms. The van der Waals surface area contributed by atoms with E-state index in [1.54, 1.807) is 49.4 Å². The fourth-order valence-corrected chi connectivity index (χ4v) is 2.31. The van der Waals surface area contributed by atoms with E-state index in [2.05, 4.69) is 0 Å². The number of quaternary nitrogens is 1. The van der Waals surface area contributed by atoms with Gasteiger partial charge in [0.2, 0.25) is 0 Å². The van der Waals surface area contributed by atoms with Crippen LogP contribution in [0.3, 0.4) is 0 Å². The third kappa shape index (κ3) is 3.81. The van der Waals surface area contributed by atoms with E-state index in [0.717, 1.165) is 0 Å². The van der Waals surface area contributed by atoms with Crippen LogP contribution < -0.4 is 5.23 Å². The zero-order chi connectivity index (χ0) is 16.8. The SMILES string of the molecule is CCOC(=O)[C@H](C(=O)c1ccccc1)c1ccccc1[NH+]([O-])O. The fourth-order valence-electron chi connectivity index (χ4n) is 2.31. The summed E-state index contributed by atoms with van der Waals surface area (Å²) in [5.41, 5.74) is 0.368. The van der Waals surface area contributed by atoms with Crippen molar-refractivity contribution < 1.29 is 24.8 Å². The van der Waals surface area contributed by atoms with Gasteiger partial charge in [-0.15, -0.1) is 0 Å². The van der Waals surface area contributed by atoms with E-state index in [4.69, 9.17) is 4.74 Å². The van der Waals surface area contributed by atoms with E-state index in [1.165, 1.54) is 12.1 Å². The summed E-state index contributed by atoms with van der Waals surface area (Å²) in [5, 5.41) is 19.5. The smallest absolute Gasteiger partial charge is 0.321 e. The van der Waals surface area contributed by atoms with Gasteiger partial charge in [-0.25, -0.2) is 5.21 Å². The number of para-hydroxylation sites is 1. The Balaban J connectivity index is 2.52. The van der Waals surface area contributed by atoms with Crippen LogP contribution in [0, 0.1) is 5.21 Å². The maximum atomic E-state index is 12.7. The molecule has 0 radical (unpaired) electrons. The predicted octanol–water partition coefficient (Wildman–Crippen LogP) is 1.62. The Morgan fingerprint density at radius 3 is 2.35 bits per heavy atom. The first-order chi connectivity index (χ1) is 11.1. The lowest BCUT2D eigenvalue weighted by Crippen LogP contribution is -2.99. The number of carbonyl (C=O) groups excluding carboxylic acids is 2. The Bertz CT molecular complexity index is 684. The lowest BCUT2D eigenvalue weighted by molar-refractivity contribution is -0.991. The lowest BCUT2D eigenvalue weighted by Gasteiger charge is -2.20. The Hall–Kier alpha value is -2.54. The molecule has 6 nitrogen and oxygen atoms in total. The Morgan fingerprint density at radius 1 is 1.13 bits per heavy atom. The zero-order valence-electron chi connectivity index (χ0n) is 12.6. The van der Waals surface area contributed by atoms with Crippen molar-refractivity contribution in [2.75, 3.05) is 6.61 Å². The molecule has 0 aromatic heterocycles. The zero-order valence-corrected chi connectivity index (χ0v) is 12.6. The molecule has 0 aliphatic heterocycles. The molecule has 120 valence electrons. The Labute approximate surface area is 133 Å². The average molecular weight is 315 g/mol. The van der Waals surface area contributed by atoms with Crippen LogP contribution in [-0.4, -0.2) is 23.6 Å². The molecule has 0 aliphatic rings. The molecular formula is C17H17NO5. The number of rotatable bonds is 6. The molecule has 2 atom stereocenters. The van der Waals surface area contributed by atoms with Gasteiger partial charge in [-0.1, -0.05) is 48.5 Å². The number of hydrogen-bond donors (Lipinski definition) is 2. The third-order valence-electron chi connectivity index (χ3n) is 3.34. The highest BCUT2D eigenvalue weighted by Crippen LogP contribution is 2.27. The van der Waals surface area contributed by atoms with E-state index in [9.17, 15) is 20.0 Å². The molecule has 0 saturated heterocycles. The number of Topliss-reactive ketones (excluding diaryl/α,β-unsaturated/α-hetero) is 1. The van der Waals surface area contributed by atoms with E-state index in [0.29, 0.717) is 5.56 Å². The van der Waals surface area contributed by atoms with Gasteiger partial charge in [0.05, 0.1) is 6.61 Å². The third-order valence-corrected chi connectivity index (χ3v) is 3.34. The van der Waals surface area contributed by atoms with Crippen LogP contribution in [-0.2, 0) is 9.53 Å². The number of hydrogen-bond acceptors (Lipinski definition) is 5. The summed E-state index contributed by atoms with van der Waals surface area (Å²) < 4.78 is 4.98. The van der Waals surface area contributed by atoms with Crippen LogP contribution in [0.2, 0.25) is 0 Å². The van der Waals surface area contributed by atoms with Gasteiger partial charge in [0.15, 0.2) is 17.4 Å². The fraction of sp³-hybridized carbons (Fsp3) is 0.176. The first kappa shape index (κ1) is 16.8. The second kappa shape index (κ2) is 7.64. The molecule has 2 aromatic carbocycles. The van der Waals surface area contributed by atoms with Gasteiger partial charge < -0.3 is 9.94 Å². The molecule has 6 heteroatoms. The summed E-state index contributed by atoms with van der Waals surface area (Å²) >= 11 is 0. The van der Waals surface area contributed by atoms with Crippen LogP contribution in [0.25, 0.3) is 0 Å². The second-order valence-corrected chi connectivity index (χ2v) is 4.81. The highest BCUT2D eigenvalue weighted by Gasteiger charge is 2.34. The van der Waals surface area contributed by atoms with Crippen LogP contribution >= 0.6 is 0 Å². The second-order valence-electron chi connectivity index (χ2n) is 4.81. The average Bonchev–Trinajstić information content (AvgIpc) is 2.56. The van der Waals surface area contributed by atoms with Crippen molar-refractivity contribution in [3.05, 3.63) is 70.9 Å². The van der Waals surface area contributed by atoms with Gasteiger partial charge in [-0.2, -0.15) is 5.23 Å². The van der Waals surface area contributed by atoms with Crippen molar-refractivity contribution in [3.63, 3.8) is 0 Å². The van der Waals surface area contributed by atoms with E-state index in [1.807, 2.05) is 0 Å². The summed E-state index contributed by atoms with van der Waals surface area (Å²) in [6.45, 7) is 1.73. The maximum Gasteiger partial charge on any atom is 0.321 e. The van der Waals surface area contributed by atoms with Gasteiger partial charge in [0.25, 0.3) is 0 Å². The van der Waals surface area contributed by atoms with Crippen molar-refractivity contribution in [1.82, 2.24) is 0 Å². The van der Waals surface area contributed by atoms with Crippen LogP contribution in [0.4, 0.5) is 5.69 Å². The van der Waals surface area contributed by atoms with Crippen molar-refractivity contribution >= 4 is 17.4 Å². The molecular weight excluding hydrogens is 298 g/mol. The molecule has 23 heavy (non-hydrogen) atoms. The first-order valence-corrected chi connectivity index (χ1v) is 7.14. The highest BCUT2D eigenvalue weighted by atomic mass is 16.8. The number of benzene rings is 2. The molecule has 0 fully saturated rings. The van der Waals surface area contributed by atoms with Crippen LogP contribution in [0.15, 0.2) is 54.6 Å². The minimum absolute atomic E-state index is 0.0881. The minimum Gasteiger partial charge on any atom is -0.595 e.